The number of likely N-dealkylation sites (tertiary alicyclic amines) is 1. The third-order valence-electron chi connectivity index (χ3n) is 5.57. The van der Waals surface area contributed by atoms with E-state index in [1.165, 1.54) is 30.6 Å². The third kappa shape index (κ3) is 5.19. The van der Waals surface area contributed by atoms with Gasteiger partial charge in [0.15, 0.2) is 0 Å². The number of nitrogens with one attached hydrogen (secondary N) is 2. The van der Waals surface area contributed by atoms with Crippen molar-refractivity contribution in [2.24, 2.45) is 0 Å². The van der Waals surface area contributed by atoms with Crippen molar-refractivity contribution in [3.05, 3.63) is 39.8 Å². The predicted octanol–water partition coefficient (Wildman–Crippen LogP) is 3.27. The summed E-state index contributed by atoms with van der Waals surface area (Å²) in [6.45, 7) is 4.84. The van der Waals surface area contributed by atoms with Crippen molar-refractivity contribution in [2.45, 2.75) is 51.0 Å². The zero-order chi connectivity index (χ0) is 20.2. The second-order valence-corrected chi connectivity index (χ2v) is 8.90. The van der Waals surface area contributed by atoms with Gasteiger partial charge in [0, 0.05) is 36.3 Å². The van der Waals surface area contributed by atoms with Gasteiger partial charge in [-0.15, -0.1) is 10.2 Å². The first kappa shape index (κ1) is 20.0. The first-order valence-corrected chi connectivity index (χ1v) is 11.2. The molecule has 0 bridgehead atoms. The lowest BCUT2D eigenvalue weighted by Crippen LogP contribution is -2.42. The Kier molecular flexibility index (Phi) is 6.20. The van der Waals surface area contributed by atoms with Crippen LogP contribution in [0.15, 0.2) is 24.3 Å². The van der Waals surface area contributed by atoms with E-state index >= 15 is 0 Å². The SMILES string of the molecule is C[C@H]1CCCCN1CCNC(=O)c1cccc(NC(=O)c2nnc(C3CC3)s2)c1. The minimum absolute atomic E-state index is 0.127. The average molecular weight is 414 g/mol. The molecule has 154 valence electrons. The van der Waals surface area contributed by atoms with Crippen LogP contribution in [0.25, 0.3) is 0 Å². The van der Waals surface area contributed by atoms with Gasteiger partial charge in [0.2, 0.25) is 5.01 Å². The molecule has 2 amide bonds. The molecule has 0 unspecified atom stereocenters. The van der Waals surface area contributed by atoms with Gasteiger partial charge in [-0.2, -0.15) is 0 Å². The number of hydrogen-bond donors (Lipinski definition) is 2. The molecule has 2 heterocycles. The molecule has 1 saturated heterocycles. The van der Waals surface area contributed by atoms with Crippen LogP contribution in [0.3, 0.4) is 0 Å². The summed E-state index contributed by atoms with van der Waals surface area (Å²) in [5.41, 5.74) is 1.11. The maximum Gasteiger partial charge on any atom is 0.286 e. The molecule has 1 aliphatic carbocycles. The minimum Gasteiger partial charge on any atom is -0.351 e. The van der Waals surface area contributed by atoms with Crippen LogP contribution in [0.2, 0.25) is 0 Å². The van der Waals surface area contributed by atoms with Gasteiger partial charge in [0.1, 0.15) is 5.01 Å². The average Bonchev–Trinajstić information content (AvgIpc) is 3.46. The summed E-state index contributed by atoms with van der Waals surface area (Å²) in [6.07, 6.45) is 6.01. The molecule has 1 aromatic carbocycles. The lowest BCUT2D eigenvalue weighted by Gasteiger charge is -2.33. The molecular weight excluding hydrogens is 386 g/mol. The Morgan fingerprint density at radius 2 is 2.03 bits per heavy atom. The van der Waals surface area contributed by atoms with E-state index in [1.54, 1.807) is 24.3 Å². The Bertz CT molecular complexity index is 879. The largest absolute Gasteiger partial charge is 0.351 e. The van der Waals surface area contributed by atoms with Crippen LogP contribution in [0.4, 0.5) is 5.69 Å². The molecule has 2 fully saturated rings. The maximum absolute atomic E-state index is 12.5. The number of anilines is 1. The van der Waals surface area contributed by atoms with Crippen LogP contribution in [0, 0.1) is 0 Å². The number of hydrogen-bond acceptors (Lipinski definition) is 6. The summed E-state index contributed by atoms with van der Waals surface area (Å²) < 4.78 is 0. The monoisotopic (exact) mass is 413 g/mol. The summed E-state index contributed by atoms with van der Waals surface area (Å²) in [5.74, 6) is 0.0674. The van der Waals surface area contributed by atoms with Gasteiger partial charge >= 0.3 is 0 Å². The molecule has 8 heteroatoms. The highest BCUT2D eigenvalue weighted by Crippen LogP contribution is 2.41. The number of carbonyl (C=O) groups excluding carboxylic acids is 2. The fraction of sp³-hybridized carbons (Fsp3) is 0.524. The van der Waals surface area contributed by atoms with Crippen molar-refractivity contribution in [3.63, 3.8) is 0 Å². The van der Waals surface area contributed by atoms with Crippen LogP contribution in [0.5, 0.6) is 0 Å². The Morgan fingerprint density at radius 1 is 1.17 bits per heavy atom. The molecule has 0 spiro atoms. The maximum atomic E-state index is 12.5. The molecule has 2 aliphatic rings. The molecule has 1 atom stereocenters. The third-order valence-corrected chi connectivity index (χ3v) is 6.65. The second kappa shape index (κ2) is 9.00. The number of benzene rings is 1. The fourth-order valence-corrected chi connectivity index (χ4v) is 4.56. The summed E-state index contributed by atoms with van der Waals surface area (Å²) in [6, 6.07) is 7.57. The van der Waals surface area contributed by atoms with E-state index in [-0.39, 0.29) is 11.8 Å². The fourth-order valence-electron chi connectivity index (χ4n) is 3.65. The normalized spacial score (nSPS) is 19.7. The number of rotatable bonds is 7. The minimum atomic E-state index is -0.286. The van der Waals surface area contributed by atoms with E-state index < -0.39 is 0 Å². The number of nitrogens with zero attached hydrogens (tertiary/aromatic N) is 3. The highest BCUT2D eigenvalue weighted by Gasteiger charge is 2.28. The van der Waals surface area contributed by atoms with Crippen LogP contribution in [-0.4, -0.2) is 52.6 Å². The number of amides is 2. The van der Waals surface area contributed by atoms with E-state index in [9.17, 15) is 9.59 Å². The van der Waals surface area contributed by atoms with E-state index in [1.807, 2.05) is 0 Å². The Labute approximate surface area is 174 Å². The summed E-state index contributed by atoms with van der Waals surface area (Å²) in [7, 11) is 0. The van der Waals surface area contributed by atoms with Gasteiger partial charge in [0.05, 0.1) is 0 Å². The Morgan fingerprint density at radius 3 is 2.83 bits per heavy atom. The van der Waals surface area contributed by atoms with Crippen molar-refractivity contribution >= 4 is 28.8 Å². The molecule has 1 aromatic heterocycles. The van der Waals surface area contributed by atoms with E-state index in [0.717, 1.165) is 30.9 Å². The van der Waals surface area contributed by atoms with Crippen molar-refractivity contribution in [2.75, 3.05) is 25.0 Å². The van der Waals surface area contributed by atoms with E-state index in [2.05, 4.69) is 32.7 Å². The van der Waals surface area contributed by atoms with Crippen LogP contribution in [0.1, 0.15) is 70.1 Å². The first-order valence-electron chi connectivity index (χ1n) is 10.4. The van der Waals surface area contributed by atoms with Crippen molar-refractivity contribution in [1.29, 1.82) is 0 Å². The molecule has 2 N–H and O–H groups in total. The molecule has 1 saturated carbocycles. The molecule has 2 aromatic rings. The molecule has 7 nitrogen and oxygen atoms in total. The smallest absolute Gasteiger partial charge is 0.286 e. The van der Waals surface area contributed by atoms with Gasteiger partial charge < -0.3 is 10.6 Å². The highest BCUT2D eigenvalue weighted by molar-refractivity contribution is 7.13. The lowest BCUT2D eigenvalue weighted by atomic mass is 10.0. The van der Waals surface area contributed by atoms with Crippen LogP contribution >= 0.6 is 11.3 Å². The molecule has 29 heavy (non-hydrogen) atoms. The standard InChI is InChI=1S/C21H27N5O2S/c1-14-5-2-3-11-26(14)12-10-22-18(27)16-6-4-7-17(13-16)23-19(28)21-25-24-20(29-21)15-8-9-15/h4,6-7,13-15H,2-3,5,8-12H2,1H3,(H,22,27)(H,23,28)/t14-/m0/s1. The van der Waals surface area contributed by atoms with Crippen LogP contribution in [-0.2, 0) is 0 Å². The van der Waals surface area contributed by atoms with E-state index in [4.69, 9.17) is 0 Å². The zero-order valence-corrected chi connectivity index (χ0v) is 17.5. The molecule has 1 aliphatic heterocycles. The topological polar surface area (TPSA) is 87.2 Å². The predicted molar refractivity (Wildman–Crippen MR) is 113 cm³/mol. The summed E-state index contributed by atoms with van der Waals surface area (Å²) >= 11 is 1.35. The van der Waals surface area contributed by atoms with Crippen molar-refractivity contribution < 1.29 is 9.59 Å². The summed E-state index contributed by atoms with van der Waals surface area (Å²) in [4.78, 5) is 27.3. The second-order valence-electron chi connectivity index (χ2n) is 7.89. The lowest BCUT2D eigenvalue weighted by molar-refractivity contribution is 0.0937. The number of aromatic nitrogens is 2. The van der Waals surface area contributed by atoms with Crippen LogP contribution < -0.4 is 10.6 Å². The van der Waals surface area contributed by atoms with Gasteiger partial charge in [-0.05, 0) is 57.4 Å². The summed E-state index contributed by atoms with van der Waals surface area (Å²) in [5, 5.41) is 15.2. The molecular formula is C21H27N5O2S. The van der Waals surface area contributed by atoms with Gasteiger partial charge in [-0.25, -0.2) is 0 Å². The number of carbonyl (C=O) groups is 2. The Balaban J connectivity index is 1.30. The van der Waals surface area contributed by atoms with E-state index in [0.29, 0.717) is 34.8 Å². The Hall–Kier alpha value is -2.32. The van der Waals surface area contributed by atoms with Crippen molar-refractivity contribution in [1.82, 2.24) is 20.4 Å². The first-order chi connectivity index (χ1) is 14.1. The molecule has 4 rings (SSSR count). The van der Waals surface area contributed by atoms with Crippen molar-refractivity contribution in [3.8, 4) is 0 Å². The van der Waals surface area contributed by atoms with Gasteiger partial charge in [-0.3, -0.25) is 14.5 Å². The number of piperidine rings is 1. The zero-order valence-electron chi connectivity index (χ0n) is 16.7. The van der Waals surface area contributed by atoms with Gasteiger partial charge in [-0.1, -0.05) is 23.8 Å². The molecule has 0 radical (unpaired) electrons. The highest BCUT2D eigenvalue weighted by atomic mass is 32.1. The quantitative estimate of drug-likeness (QED) is 0.727. The van der Waals surface area contributed by atoms with Gasteiger partial charge in [0.25, 0.3) is 11.8 Å².